The number of benzene rings is 2. The molecule has 0 aliphatic rings. The Bertz CT molecular complexity index is 706. The summed E-state index contributed by atoms with van der Waals surface area (Å²) in [6, 6.07) is 13.0. The van der Waals surface area contributed by atoms with Crippen molar-refractivity contribution in [1.29, 1.82) is 5.26 Å². The van der Waals surface area contributed by atoms with Gasteiger partial charge in [-0.15, -0.1) is 0 Å². The summed E-state index contributed by atoms with van der Waals surface area (Å²) >= 11 is 5.70. The number of carbonyl (C=O) groups excluding carboxylic acids is 1. The summed E-state index contributed by atoms with van der Waals surface area (Å²) in [4.78, 5) is 12.4. The fourth-order valence-electron chi connectivity index (χ4n) is 1.98. The van der Waals surface area contributed by atoms with Gasteiger partial charge < -0.3 is 0 Å². The largest absolute Gasteiger partial charge is 0.292 e. The Hall–Kier alpha value is -2.18. The molecular weight excluding hydrogens is 277 g/mol. The molecule has 0 aliphatic carbocycles. The van der Waals surface area contributed by atoms with Crippen LogP contribution in [0.25, 0.3) is 0 Å². The number of nitrogens with zero attached hydrogens (tertiary/aromatic N) is 1. The molecule has 2 rings (SSSR count). The zero-order valence-corrected chi connectivity index (χ0v) is 11.5. The van der Waals surface area contributed by atoms with Gasteiger partial charge in [-0.1, -0.05) is 47.5 Å². The lowest BCUT2D eigenvalue weighted by atomic mass is 9.91. The molecule has 2 nitrogen and oxygen atoms in total. The molecule has 20 heavy (non-hydrogen) atoms. The van der Waals surface area contributed by atoms with Crippen molar-refractivity contribution in [2.75, 3.05) is 0 Å². The molecule has 0 radical (unpaired) electrons. The van der Waals surface area contributed by atoms with Gasteiger partial charge in [0.05, 0.1) is 11.1 Å². The third-order valence-electron chi connectivity index (χ3n) is 2.99. The first-order valence-corrected chi connectivity index (χ1v) is 6.37. The van der Waals surface area contributed by atoms with Crippen molar-refractivity contribution < 1.29 is 9.18 Å². The summed E-state index contributed by atoms with van der Waals surface area (Å²) in [6.07, 6.45) is 0. The third-order valence-corrected chi connectivity index (χ3v) is 3.28. The Morgan fingerprint density at radius 2 is 2.00 bits per heavy atom. The van der Waals surface area contributed by atoms with Crippen molar-refractivity contribution in [3.63, 3.8) is 0 Å². The van der Waals surface area contributed by atoms with Crippen LogP contribution in [-0.2, 0) is 0 Å². The topological polar surface area (TPSA) is 40.9 Å². The molecule has 1 unspecified atom stereocenters. The summed E-state index contributed by atoms with van der Waals surface area (Å²) < 4.78 is 14.0. The first-order chi connectivity index (χ1) is 9.54. The maximum atomic E-state index is 14.0. The van der Waals surface area contributed by atoms with Gasteiger partial charge in [0, 0.05) is 11.1 Å². The quantitative estimate of drug-likeness (QED) is 0.791. The maximum Gasteiger partial charge on any atom is 0.184 e. The van der Waals surface area contributed by atoms with Crippen LogP contribution >= 0.6 is 11.6 Å². The average Bonchev–Trinajstić information content (AvgIpc) is 2.44. The van der Waals surface area contributed by atoms with Gasteiger partial charge in [0.2, 0.25) is 0 Å². The van der Waals surface area contributed by atoms with Gasteiger partial charge in [-0.3, -0.25) is 4.79 Å². The summed E-state index contributed by atoms with van der Waals surface area (Å²) in [7, 11) is 0. The Kier molecular flexibility index (Phi) is 4.16. The Morgan fingerprint density at radius 3 is 2.65 bits per heavy atom. The van der Waals surface area contributed by atoms with Gasteiger partial charge in [-0.25, -0.2) is 4.39 Å². The van der Waals surface area contributed by atoms with E-state index in [-0.39, 0.29) is 10.6 Å². The van der Waals surface area contributed by atoms with E-state index in [9.17, 15) is 14.4 Å². The van der Waals surface area contributed by atoms with Gasteiger partial charge in [-0.05, 0) is 19.1 Å². The van der Waals surface area contributed by atoms with E-state index in [2.05, 4.69) is 0 Å². The highest BCUT2D eigenvalue weighted by Crippen LogP contribution is 2.27. The van der Waals surface area contributed by atoms with Crippen molar-refractivity contribution >= 4 is 17.4 Å². The minimum Gasteiger partial charge on any atom is -0.292 e. The minimum absolute atomic E-state index is 0.00602. The molecule has 0 saturated carbocycles. The van der Waals surface area contributed by atoms with Crippen molar-refractivity contribution in [1.82, 2.24) is 0 Å². The molecule has 2 aromatic carbocycles. The predicted molar refractivity (Wildman–Crippen MR) is 75.3 cm³/mol. The van der Waals surface area contributed by atoms with Crippen molar-refractivity contribution in [3.8, 4) is 6.07 Å². The van der Waals surface area contributed by atoms with Gasteiger partial charge in [0.25, 0.3) is 0 Å². The minimum atomic E-state index is -1.20. The van der Waals surface area contributed by atoms with E-state index in [0.29, 0.717) is 5.56 Å². The molecule has 0 heterocycles. The molecule has 0 spiro atoms. The van der Waals surface area contributed by atoms with Gasteiger partial charge in [-0.2, -0.15) is 5.26 Å². The second-order valence-corrected chi connectivity index (χ2v) is 4.85. The second-order valence-electron chi connectivity index (χ2n) is 4.44. The van der Waals surface area contributed by atoms with Crippen LogP contribution in [0.5, 0.6) is 0 Å². The highest BCUT2D eigenvalue weighted by molar-refractivity contribution is 6.30. The summed E-state index contributed by atoms with van der Waals surface area (Å²) in [5.41, 5.74) is 1.29. The third kappa shape index (κ3) is 2.71. The predicted octanol–water partition coefficient (Wildman–Crippen LogP) is 4.28. The number of rotatable bonds is 3. The number of ketones is 1. The molecule has 0 aliphatic heterocycles. The molecule has 1 atom stereocenters. The zero-order valence-electron chi connectivity index (χ0n) is 10.7. The van der Waals surface area contributed by atoms with Crippen LogP contribution < -0.4 is 0 Å². The first kappa shape index (κ1) is 14.2. The molecule has 2 aromatic rings. The van der Waals surface area contributed by atoms with Crippen LogP contribution in [0.3, 0.4) is 0 Å². The fourth-order valence-corrected chi connectivity index (χ4v) is 2.16. The smallest absolute Gasteiger partial charge is 0.184 e. The summed E-state index contributed by atoms with van der Waals surface area (Å²) in [5, 5.41) is 9.12. The molecular formula is C16H11ClFNO. The standard InChI is InChI=1S/C16H11ClFNO/c1-10-4-2-5-11(8-10)16(20)13(9-19)12-6-3-7-14(17)15(12)18/h2-8,13H,1H3. The van der Waals surface area contributed by atoms with Gasteiger partial charge in [0.15, 0.2) is 5.78 Å². The Labute approximate surface area is 121 Å². The van der Waals surface area contributed by atoms with E-state index in [1.807, 2.05) is 19.1 Å². The number of hydrogen-bond acceptors (Lipinski definition) is 2. The SMILES string of the molecule is Cc1cccc(C(=O)C(C#N)c2cccc(Cl)c2F)c1. The molecule has 0 N–H and O–H groups in total. The molecule has 0 amide bonds. The maximum absolute atomic E-state index is 14.0. The fraction of sp³-hybridized carbons (Fsp3) is 0.125. The van der Waals surface area contributed by atoms with Crippen LogP contribution in [0.2, 0.25) is 5.02 Å². The highest BCUT2D eigenvalue weighted by Gasteiger charge is 2.25. The highest BCUT2D eigenvalue weighted by atomic mass is 35.5. The average molecular weight is 288 g/mol. The lowest BCUT2D eigenvalue weighted by molar-refractivity contribution is 0.0977. The van der Waals surface area contributed by atoms with Gasteiger partial charge >= 0.3 is 0 Å². The van der Waals surface area contributed by atoms with E-state index in [1.54, 1.807) is 18.2 Å². The van der Waals surface area contributed by atoms with Crippen LogP contribution in [0.1, 0.15) is 27.4 Å². The molecule has 0 saturated heterocycles. The van der Waals surface area contributed by atoms with E-state index >= 15 is 0 Å². The monoisotopic (exact) mass is 287 g/mol. The van der Waals surface area contributed by atoms with Crippen LogP contribution in [-0.4, -0.2) is 5.78 Å². The lowest BCUT2D eigenvalue weighted by Gasteiger charge is -2.11. The normalized spacial score (nSPS) is 11.7. The number of aryl methyl sites for hydroxylation is 1. The first-order valence-electron chi connectivity index (χ1n) is 5.99. The van der Waals surface area contributed by atoms with Crippen LogP contribution in [0, 0.1) is 24.1 Å². The molecule has 100 valence electrons. The van der Waals surface area contributed by atoms with E-state index in [1.165, 1.54) is 18.2 Å². The van der Waals surface area contributed by atoms with Crippen LogP contribution in [0.15, 0.2) is 42.5 Å². The number of carbonyl (C=O) groups is 1. The molecule has 4 heteroatoms. The molecule has 0 bridgehead atoms. The van der Waals surface area contributed by atoms with Crippen LogP contribution in [0.4, 0.5) is 4.39 Å². The van der Waals surface area contributed by atoms with Crippen molar-refractivity contribution in [2.24, 2.45) is 0 Å². The molecule has 0 aromatic heterocycles. The van der Waals surface area contributed by atoms with Crippen molar-refractivity contribution in [2.45, 2.75) is 12.8 Å². The van der Waals surface area contributed by atoms with Gasteiger partial charge in [0.1, 0.15) is 11.7 Å². The van der Waals surface area contributed by atoms with Crippen molar-refractivity contribution in [3.05, 3.63) is 70.0 Å². The van der Waals surface area contributed by atoms with E-state index in [0.717, 1.165) is 5.56 Å². The lowest BCUT2D eigenvalue weighted by Crippen LogP contribution is -2.13. The number of Topliss-reactive ketones (excluding diaryl/α,β-unsaturated/α-hetero) is 1. The van der Waals surface area contributed by atoms with E-state index in [4.69, 9.17) is 11.6 Å². The second kappa shape index (κ2) is 5.85. The Morgan fingerprint density at radius 1 is 1.30 bits per heavy atom. The Balaban J connectivity index is 2.46. The zero-order chi connectivity index (χ0) is 14.7. The number of halogens is 2. The summed E-state index contributed by atoms with van der Waals surface area (Å²) in [6.45, 7) is 1.85. The van der Waals surface area contributed by atoms with E-state index < -0.39 is 17.5 Å². The molecule has 0 fully saturated rings. The number of nitriles is 1. The number of hydrogen-bond donors (Lipinski definition) is 0. The summed E-state index contributed by atoms with van der Waals surface area (Å²) in [5.74, 6) is -2.35.